The van der Waals surface area contributed by atoms with Crippen LogP contribution in [0.3, 0.4) is 0 Å². The molecule has 1 aromatic rings. The minimum Gasteiger partial charge on any atom is -0.212 e. The topological polar surface area (TPSA) is 80.3 Å². The summed E-state index contributed by atoms with van der Waals surface area (Å²) in [5, 5.41) is 0. The van der Waals surface area contributed by atoms with Gasteiger partial charge in [0.05, 0.1) is 10.6 Å². The lowest BCUT2D eigenvalue weighted by Crippen LogP contribution is -2.24. The van der Waals surface area contributed by atoms with Crippen molar-refractivity contribution in [2.75, 3.05) is 5.75 Å². The first kappa shape index (κ1) is 14.4. The quantitative estimate of drug-likeness (QED) is 0.824. The van der Waals surface area contributed by atoms with Crippen molar-refractivity contribution in [2.24, 2.45) is 0 Å². The van der Waals surface area contributed by atoms with Gasteiger partial charge in [0.15, 0.2) is 0 Å². The minimum absolute atomic E-state index is 0.00113. The van der Waals surface area contributed by atoms with Crippen LogP contribution in [-0.4, -0.2) is 22.6 Å². The summed E-state index contributed by atoms with van der Waals surface area (Å²) < 4.78 is 46.6. The molecule has 0 saturated carbocycles. The fourth-order valence-corrected chi connectivity index (χ4v) is 2.43. The van der Waals surface area contributed by atoms with Gasteiger partial charge in [-0.05, 0) is 24.6 Å². The number of rotatable bonds is 5. The molecule has 1 rings (SSSR count). The second kappa shape index (κ2) is 5.34. The zero-order valence-electron chi connectivity index (χ0n) is 9.05. The highest BCUT2D eigenvalue weighted by Crippen LogP contribution is 2.15. The van der Waals surface area contributed by atoms with Crippen LogP contribution in [0, 0.1) is 0 Å². The summed E-state index contributed by atoms with van der Waals surface area (Å²) in [6, 6.07) is 5.68. The molecule has 0 radical (unpaired) electrons. The number of sulfonamides is 1. The van der Waals surface area contributed by atoms with Crippen LogP contribution in [0.4, 0.5) is 0 Å². The van der Waals surface area contributed by atoms with Gasteiger partial charge in [-0.3, -0.25) is 0 Å². The molecule has 17 heavy (non-hydrogen) atoms. The van der Waals surface area contributed by atoms with Crippen molar-refractivity contribution < 1.29 is 16.8 Å². The van der Waals surface area contributed by atoms with E-state index >= 15 is 0 Å². The SMILES string of the molecule is CCS(=O)(=O)NCc1ccc(S(=O)(=O)Cl)cc1. The van der Waals surface area contributed by atoms with Gasteiger partial charge in [0, 0.05) is 17.2 Å². The van der Waals surface area contributed by atoms with E-state index in [-0.39, 0.29) is 17.2 Å². The Labute approximate surface area is 105 Å². The molecule has 0 aliphatic heterocycles. The Bertz CT molecular complexity index is 578. The van der Waals surface area contributed by atoms with E-state index in [1.165, 1.54) is 31.2 Å². The van der Waals surface area contributed by atoms with Crippen molar-refractivity contribution in [2.45, 2.75) is 18.4 Å². The molecular weight excluding hydrogens is 286 g/mol. The van der Waals surface area contributed by atoms with Crippen LogP contribution in [0.2, 0.25) is 0 Å². The molecule has 1 N–H and O–H groups in total. The molecular formula is C9H12ClNO4S2. The Morgan fingerprint density at radius 3 is 2.06 bits per heavy atom. The summed E-state index contributed by atoms with van der Waals surface area (Å²) >= 11 is 0. The van der Waals surface area contributed by atoms with E-state index in [2.05, 4.69) is 4.72 Å². The Hall–Kier alpha value is -0.630. The molecule has 0 amide bonds. The van der Waals surface area contributed by atoms with Crippen LogP contribution >= 0.6 is 10.7 Å². The normalized spacial score (nSPS) is 12.6. The molecule has 0 heterocycles. The summed E-state index contributed by atoms with van der Waals surface area (Å²) in [6.07, 6.45) is 0. The lowest BCUT2D eigenvalue weighted by atomic mass is 10.2. The predicted molar refractivity (Wildman–Crippen MR) is 65.8 cm³/mol. The fraction of sp³-hybridized carbons (Fsp3) is 0.333. The number of halogens is 1. The fourth-order valence-electron chi connectivity index (χ4n) is 1.07. The maximum absolute atomic E-state index is 11.2. The molecule has 0 fully saturated rings. The Kier molecular flexibility index (Phi) is 4.54. The van der Waals surface area contributed by atoms with Crippen molar-refractivity contribution in [3.8, 4) is 0 Å². The number of nitrogens with one attached hydrogen (secondary N) is 1. The third-order valence-corrected chi connectivity index (χ3v) is 4.80. The summed E-state index contributed by atoms with van der Waals surface area (Å²) in [5.74, 6) is 0.00113. The van der Waals surface area contributed by atoms with Crippen molar-refractivity contribution in [3.63, 3.8) is 0 Å². The standard InChI is InChI=1S/C9H12ClNO4S2/c1-2-16(12,13)11-7-8-3-5-9(6-4-8)17(10,14)15/h3-6,11H,2,7H2,1H3. The van der Waals surface area contributed by atoms with Gasteiger partial charge in [-0.25, -0.2) is 21.6 Å². The highest BCUT2D eigenvalue weighted by Gasteiger charge is 2.10. The summed E-state index contributed by atoms with van der Waals surface area (Å²) in [4.78, 5) is -0.0127. The van der Waals surface area contributed by atoms with E-state index in [1.807, 2.05) is 0 Å². The van der Waals surface area contributed by atoms with Gasteiger partial charge in [-0.2, -0.15) is 0 Å². The van der Waals surface area contributed by atoms with Crippen LogP contribution in [0.5, 0.6) is 0 Å². The number of benzene rings is 1. The molecule has 0 aromatic heterocycles. The van der Waals surface area contributed by atoms with Crippen LogP contribution in [0.25, 0.3) is 0 Å². The summed E-state index contributed by atoms with van der Waals surface area (Å²) in [5.41, 5.74) is 0.658. The van der Waals surface area contributed by atoms with Gasteiger partial charge in [-0.15, -0.1) is 0 Å². The molecule has 0 atom stereocenters. The summed E-state index contributed by atoms with van der Waals surface area (Å²) in [7, 11) is -1.84. The van der Waals surface area contributed by atoms with Gasteiger partial charge in [-0.1, -0.05) is 12.1 Å². The van der Waals surface area contributed by atoms with Crippen molar-refractivity contribution in [3.05, 3.63) is 29.8 Å². The molecule has 0 bridgehead atoms. The highest BCUT2D eigenvalue weighted by molar-refractivity contribution is 8.13. The molecule has 0 aliphatic rings. The van der Waals surface area contributed by atoms with Crippen LogP contribution in [0.15, 0.2) is 29.2 Å². The lowest BCUT2D eigenvalue weighted by Gasteiger charge is -2.04. The van der Waals surface area contributed by atoms with E-state index in [4.69, 9.17) is 10.7 Å². The monoisotopic (exact) mass is 297 g/mol. The predicted octanol–water partition coefficient (Wildman–Crippen LogP) is 1.05. The Balaban J connectivity index is 2.77. The smallest absolute Gasteiger partial charge is 0.212 e. The van der Waals surface area contributed by atoms with E-state index < -0.39 is 19.1 Å². The maximum Gasteiger partial charge on any atom is 0.261 e. The first-order valence-electron chi connectivity index (χ1n) is 4.75. The van der Waals surface area contributed by atoms with E-state index in [0.29, 0.717) is 5.56 Å². The van der Waals surface area contributed by atoms with E-state index in [0.717, 1.165) is 0 Å². The van der Waals surface area contributed by atoms with Crippen molar-refractivity contribution in [1.29, 1.82) is 0 Å². The third-order valence-electron chi connectivity index (χ3n) is 2.08. The number of hydrogen-bond acceptors (Lipinski definition) is 4. The largest absolute Gasteiger partial charge is 0.261 e. The summed E-state index contributed by atoms with van der Waals surface area (Å²) in [6.45, 7) is 1.66. The molecule has 0 saturated heterocycles. The molecule has 0 unspecified atom stereocenters. The zero-order valence-corrected chi connectivity index (χ0v) is 11.4. The van der Waals surface area contributed by atoms with Gasteiger partial charge in [0.1, 0.15) is 0 Å². The first-order valence-corrected chi connectivity index (χ1v) is 8.72. The maximum atomic E-state index is 11.2. The zero-order chi connectivity index (χ0) is 13.1. The van der Waals surface area contributed by atoms with Crippen molar-refractivity contribution >= 4 is 29.8 Å². The third kappa shape index (κ3) is 4.63. The lowest BCUT2D eigenvalue weighted by molar-refractivity contribution is 0.582. The number of hydrogen-bond donors (Lipinski definition) is 1. The van der Waals surface area contributed by atoms with Gasteiger partial charge < -0.3 is 0 Å². The Morgan fingerprint density at radius 1 is 1.12 bits per heavy atom. The highest BCUT2D eigenvalue weighted by atomic mass is 35.7. The van der Waals surface area contributed by atoms with E-state index in [9.17, 15) is 16.8 Å². The molecule has 0 aliphatic carbocycles. The van der Waals surface area contributed by atoms with Crippen LogP contribution in [0.1, 0.15) is 12.5 Å². The molecule has 1 aromatic carbocycles. The second-order valence-electron chi connectivity index (χ2n) is 3.31. The van der Waals surface area contributed by atoms with Gasteiger partial charge in [0.2, 0.25) is 10.0 Å². The van der Waals surface area contributed by atoms with Gasteiger partial charge >= 0.3 is 0 Å². The minimum atomic E-state index is -3.73. The van der Waals surface area contributed by atoms with Crippen LogP contribution in [-0.2, 0) is 25.6 Å². The van der Waals surface area contributed by atoms with E-state index in [1.54, 1.807) is 0 Å². The molecule has 0 spiro atoms. The first-order chi connectivity index (χ1) is 7.74. The molecule has 96 valence electrons. The Morgan fingerprint density at radius 2 is 1.65 bits per heavy atom. The molecule has 5 nitrogen and oxygen atoms in total. The molecule has 8 heteroatoms. The van der Waals surface area contributed by atoms with Gasteiger partial charge in [0.25, 0.3) is 9.05 Å². The average molecular weight is 298 g/mol. The average Bonchev–Trinajstić information content (AvgIpc) is 2.26. The second-order valence-corrected chi connectivity index (χ2v) is 7.97. The van der Waals surface area contributed by atoms with Crippen LogP contribution < -0.4 is 4.72 Å². The van der Waals surface area contributed by atoms with Crippen molar-refractivity contribution in [1.82, 2.24) is 4.72 Å².